The number of nitrogens with zero attached hydrogens (tertiary/aromatic N) is 6. The standard InChI is InChI=1S/C42H40N12O26S6/c55-33(56)13-9-25(35(59)60)45-39-49-37(51-41(53-39)47-27-17-23(83(65,66)67)7-11-29(27)81-79-77-63)43-21-5-3-19(31(15-21)85(71,72)73)1-2-20-4-6-22(16-32(20)86(74,75)76)44-38-50-40(46-26(36(61)62)10-14-34(57)58)54-42(52-38)48-28-18-24(84(68,69)70)8-12-30(28)82-80-78-64/h1-8,11-12,15-18,25-26,63-64H,9-10,13-14H2,(H,55,56)(H,57,58)(H,59,60)(H,61,62)(H,65,66,67)(H,68,69,70)(H,71,72,73)(H,74,75,76)(H3,43,45,47,49,51,53)(H3,44,46,48,50,52,54)/b2-1+. The smallest absolute Gasteiger partial charge is 0.326 e. The fourth-order valence-corrected chi connectivity index (χ4v) is 10.2. The minimum Gasteiger partial charge on any atom is -0.481 e. The lowest BCUT2D eigenvalue weighted by Crippen LogP contribution is -2.31. The lowest BCUT2D eigenvalue weighted by Gasteiger charge is -2.16. The van der Waals surface area contributed by atoms with Gasteiger partial charge < -0.3 is 52.3 Å². The van der Waals surface area contributed by atoms with Crippen LogP contribution in [0.25, 0.3) is 12.2 Å². The highest BCUT2D eigenvalue weighted by molar-refractivity contribution is 7.95. The number of nitrogens with one attached hydrogen (secondary N) is 6. The molecule has 38 nitrogen and oxygen atoms in total. The van der Waals surface area contributed by atoms with E-state index >= 15 is 0 Å². The van der Waals surface area contributed by atoms with E-state index in [1.807, 2.05) is 0 Å². The first-order valence-corrected chi connectivity index (χ1v) is 30.0. The van der Waals surface area contributed by atoms with E-state index in [0.717, 1.165) is 84.9 Å². The first-order valence-electron chi connectivity index (χ1n) is 22.8. The molecule has 0 spiro atoms. The molecule has 0 radical (unpaired) electrons. The van der Waals surface area contributed by atoms with Crippen molar-refractivity contribution in [2.24, 2.45) is 0 Å². The van der Waals surface area contributed by atoms with E-state index in [9.17, 15) is 91.5 Å². The number of carboxylic acids is 4. The predicted molar refractivity (Wildman–Crippen MR) is 292 cm³/mol. The maximum Gasteiger partial charge on any atom is 0.326 e. The molecule has 0 aliphatic rings. The van der Waals surface area contributed by atoms with Gasteiger partial charge in [-0.25, -0.2) is 20.1 Å². The Labute approximate surface area is 490 Å². The summed E-state index contributed by atoms with van der Waals surface area (Å²) in [5, 5.41) is 77.8. The van der Waals surface area contributed by atoms with Gasteiger partial charge in [-0.3, -0.25) is 27.8 Å². The number of aliphatic carboxylic acids is 4. The number of rotatable bonds is 32. The summed E-state index contributed by atoms with van der Waals surface area (Å²) >= 11 is 0.591. The summed E-state index contributed by atoms with van der Waals surface area (Å²) in [7, 11) is -20.2. The average Bonchev–Trinajstić information content (AvgIpc) is 2.53. The van der Waals surface area contributed by atoms with E-state index in [1.54, 1.807) is 0 Å². The van der Waals surface area contributed by atoms with E-state index in [2.05, 4.69) is 80.5 Å². The van der Waals surface area contributed by atoms with Crippen molar-refractivity contribution < 1.29 is 121 Å². The molecule has 460 valence electrons. The maximum atomic E-state index is 12.9. The van der Waals surface area contributed by atoms with Crippen molar-refractivity contribution in [3.8, 4) is 0 Å². The second kappa shape index (κ2) is 28.5. The third-order valence-corrected chi connectivity index (χ3v) is 15.5. The Hall–Kier alpha value is -8.58. The third kappa shape index (κ3) is 19.5. The topological polar surface area (TPSA) is 594 Å². The molecule has 6 aromatic rings. The number of benzene rings is 4. The molecule has 0 saturated carbocycles. The Kier molecular flexibility index (Phi) is 22.1. The van der Waals surface area contributed by atoms with Crippen molar-refractivity contribution in [1.82, 2.24) is 29.9 Å². The second-order valence-electron chi connectivity index (χ2n) is 16.6. The van der Waals surface area contributed by atoms with Gasteiger partial charge in [0.05, 0.1) is 55.0 Å². The molecule has 2 unspecified atom stereocenters. The molecule has 0 bridgehead atoms. The maximum absolute atomic E-state index is 12.9. The van der Waals surface area contributed by atoms with Crippen LogP contribution >= 0.6 is 24.1 Å². The van der Waals surface area contributed by atoms with E-state index in [4.69, 9.17) is 10.5 Å². The Balaban J connectivity index is 1.37. The lowest BCUT2D eigenvalue weighted by atomic mass is 10.1. The number of aromatic nitrogens is 6. The fourth-order valence-electron chi connectivity index (χ4n) is 6.88. The van der Waals surface area contributed by atoms with E-state index in [0.29, 0.717) is 24.1 Å². The Morgan fingerprint density at radius 2 is 0.802 bits per heavy atom. The lowest BCUT2D eigenvalue weighted by molar-refractivity contribution is -0.432. The normalized spacial score (nSPS) is 12.7. The molecule has 0 fully saturated rings. The summed E-state index contributed by atoms with van der Waals surface area (Å²) in [6.45, 7) is 0. The zero-order valence-corrected chi connectivity index (χ0v) is 47.1. The predicted octanol–water partition coefficient (Wildman–Crippen LogP) is 4.50. The van der Waals surface area contributed by atoms with Crippen LogP contribution < -0.4 is 31.9 Å². The largest absolute Gasteiger partial charge is 0.481 e. The van der Waals surface area contributed by atoms with Gasteiger partial charge in [0.25, 0.3) is 40.5 Å². The van der Waals surface area contributed by atoms with Gasteiger partial charge in [-0.05, 0) is 84.6 Å². The van der Waals surface area contributed by atoms with Crippen molar-refractivity contribution >= 4 is 159 Å². The van der Waals surface area contributed by atoms with Crippen LogP contribution in [0, 0.1) is 0 Å². The van der Waals surface area contributed by atoms with Crippen LogP contribution in [0.3, 0.4) is 0 Å². The summed E-state index contributed by atoms with van der Waals surface area (Å²) in [6, 6.07) is 8.39. The fraction of sp³-hybridized carbons (Fsp3) is 0.143. The SMILES string of the molecule is O=C(O)CCC(Nc1nc(Nc2ccc(/C=C/c3ccc(Nc4nc(Nc5cc(S(=O)(=O)O)ccc5SOOO)nc(NC(CCC(=O)O)C(=O)O)n4)cc3S(=O)(=O)O)c(S(=O)(=O)O)c2)nc(Nc2cc(S(=O)(=O)O)ccc2SOOO)n1)C(=O)O. The van der Waals surface area contributed by atoms with E-state index < -0.39 is 157 Å². The molecule has 44 heteroatoms. The van der Waals surface area contributed by atoms with Crippen molar-refractivity contribution in [3.63, 3.8) is 0 Å². The Bertz CT molecular complexity index is 3820. The summed E-state index contributed by atoms with van der Waals surface area (Å²) in [5.41, 5.74) is -1.77. The molecule has 86 heavy (non-hydrogen) atoms. The molecule has 0 amide bonds. The molecular formula is C42H40N12O26S6. The van der Waals surface area contributed by atoms with Crippen molar-refractivity contribution in [3.05, 3.63) is 83.9 Å². The molecule has 2 heterocycles. The number of carboxylic acid groups (broad SMARTS) is 4. The van der Waals surface area contributed by atoms with Gasteiger partial charge in [-0.1, -0.05) is 34.4 Å². The van der Waals surface area contributed by atoms with Crippen LogP contribution in [0.5, 0.6) is 0 Å². The molecule has 0 saturated heterocycles. The van der Waals surface area contributed by atoms with Gasteiger partial charge >= 0.3 is 23.9 Å². The zero-order chi connectivity index (χ0) is 63.3. The van der Waals surface area contributed by atoms with Gasteiger partial charge in [-0.2, -0.15) is 63.6 Å². The Morgan fingerprint density at radius 3 is 1.10 bits per heavy atom. The number of carbonyl (C=O) groups is 4. The molecule has 2 aromatic heterocycles. The van der Waals surface area contributed by atoms with Crippen LogP contribution in [0.1, 0.15) is 36.8 Å². The van der Waals surface area contributed by atoms with Crippen LogP contribution in [-0.2, 0) is 78.4 Å². The van der Waals surface area contributed by atoms with Crippen molar-refractivity contribution in [1.29, 1.82) is 0 Å². The summed E-state index contributed by atoms with van der Waals surface area (Å²) < 4.78 is 149. The monoisotopic (exact) mass is 1320 g/mol. The van der Waals surface area contributed by atoms with Crippen molar-refractivity contribution in [2.45, 2.75) is 67.1 Å². The molecule has 0 aliphatic carbocycles. The molecule has 0 aliphatic heterocycles. The first-order chi connectivity index (χ1) is 40.3. The average molecular weight is 1320 g/mol. The van der Waals surface area contributed by atoms with Gasteiger partial charge in [-0.15, -0.1) is 8.67 Å². The van der Waals surface area contributed by atoms with Crippen LogP contribution in [0.2, 0.25) is 0 Å². The van der Waals surface area contributed by atoms with E-state index in [1.165, 1.54) is 0 Å². The highest BCUT2D eigenvalue weighted by atomic mass is 32.2. The molecule has 4 aromatic carbocycles. The molecule has 2 atom stereocenters. The van der Waals surface area contributed by atoms with Gasteiger partial charge in [0.15, 0.2) is 0 Å². The Morgan fingerprint density at radius 1 is 0.465 bits per heavy atom. The highest BCUT2D eigenvalue weighted by Crippen LogP contribution is 2.35. The van der Waals surface area contributed by atoms with Crippen molar-refractivity contribution in [2.75, 3.05) is 31.9 Å². The second-order valence-corrected chi connectivity index (χ2v) is 23.7. The van der Waals surface area contributed by atoms with Crippen LogP contribution in [-0.4, -0.2) is 149 Å². The minimum atomic E-state index is -5.24. The van der Waals surface area contributed by atoms with E-state index in [-0.39, 0.29) is 43.7 Å². The molecular weight excluding hydrogens is 1280 g/mol. The number of hydrogen-bond acceptors (Lipinski definition) is 32. The molecule has 6 rings (SSSR count). The highest BCUT2D eigenvalue weighted by Gasteiger charge is 2.26. The first kappa shape index (κ1) is 66.6. The van der Waals surface area contributed by atoms with Gasteiger partial charge in [0.1, 0.15) is 21.9 Å². The third-order valence-electron chi connectivity index (χ3n) is 10.6. The minimum absolute atomic E-state index is 0.0680. The quantitative estimate of drug-likeness (QED) is 0.00908. The molecule has 16 N–H and O–H groups in total. The van der Waals surface area contributed by atoms with Crippen LogP contribution in [0.4, 0.5) is 58.4 Å². The van der Waals surface area contributed by atoms with Gasteiger partial charge in [0.2, 0.25) is 35.7 Å². The van der Waals surface area contributed by atoms with Crippen LogP contribution in [0.15, 0.2) is 102 Å². The number of hydrogen-bond donors (Lipinski definition) is 16. The van der Waals surface area contributed by atoms with Gasteiger partial charge in [0, 0.05) is 24.2 Å². The zero-order valence-electron chi connectivity index (χ0n) is 42.2. The summed E-state index contributed by atoms with van der Waals surface area (Å²) in [6.07, 6.45) is -0.414. The summed E-state index contributed by atoms with van der Waals surface area (Å²) in [5.74, 6) is -9.34. The number of anilines is 10. The summed E-state index contributed by atoms with van der Waals surface area (Å²) in [4.78, 5) is 68.0.